The van der Waals surface area contributed by atoms with Gasteiger partial charge in [-0.05, 0) is 59.7 Å². The van der Waals surface area contributed by atoms with E-state index in [2.05, 4.69) is 44.9 Å². The second kappa shape index (κ2) is 5.26. The lowest BCUT2D eigenvalue weighted by molar-refractivity contribution is 0.630. The number of nitrogens with zero attached hydrogens (tertiary/aromatic N) is 2. The van der Waals surface area contributed by atoms with Gasteiger partial charge in [-0.1, -0.05) is 0 Å². The average Bonchev–Trinajstić information content (AvgIpc) is 3.17. The number of hydrogen-bond donors (Lipinski definition) is 2. The van der Waals surface area contributed by atoms with E-state index in [1.807, 2.05) is 6.07 Å². The number of hydrogen-bond acceptors (Lipinski definition) is 4. The van der Waals surface area contributed by atoms with Crippen LogP contribution in [0.3, 0.4) is 0 Å². The number of anilines is 2. The fourth-order valence-electron chi connectivity index (χ4n) is 3.11. The average molecular weight is 348 g/mol. The summed E-state index contributed by atoms with van der Waals surface area (Å²) in [5, 5.41) is 15.7. The molecule has 0 amide bonds. The molecule has 0 aliphatic heterocycles. The van der Waals surface area contributed by atoms with E-state index in [0.29, 0.717) is 5.82 Å². The first-order chi connectivity index (χ1) is 12.2. The number of benzene rings is 2. The van der Waals surface area contributed by atoms with Crippen molar-refractivity contribution in [2.24, 2.45) is 0 Å². The Bertz CT molecular complexity index is 1250. The lowest BCUT2D eigenvalue weighted by Crippen LogP contribution is -1.93. The molecule has 0 spiro atoms. The molecule has 0 radical (unpaired) electrons. The van der Waals surface area contributed by atoms with E-state index in [1.54, 1.807) is 23.6 Å². The summed E-state index contributed by atoms with van der Waals surface area (Å²) in [6, 6.07) is 10.8. The highest BCUT2D eigenvalue weighted by Crippen LogP contribution is 2.34. The van der Waals surface area contributed by atoms with Gasteiger partial charge in [-0.15, -0.1) is 11.3 Å². The smallest absolute Gasteiger partial charge is 0.160 e. The number of halogens is 1. The van der Waals surface area contributed by atoms with Crippen LogP contribution in [0, 0.1) is 12.7 Å². The number of aromatic nitrogens is 3. The van der Waals surface area contributed by atoms with Crippen LogP contribution in [0.4, 0.5) is 15.9 Å². The molecule has 2 aromatic carbocycles. The molecular weight excluding hydrogens is 335 g/mol. The predicted octanol–water partition coefficient (Wildman–Crippen LogP) is 5.52. The Balaban J connectivity index is 1.69. The molecule has 5 rings (SSSR count). The highest BCUT2D eigenvalue weighted by atomic mass is 32.1. The number of nitrogens with one attached hydrogen (secondary N) is 2. The fourth-order valence-corrected chi connectivity index (χ4v) is 4.08. The maximum atomic E-state index is 13.6. The van der Waals surface area contributed by atoms with Crippen molar-refractivity contribution in [3.8, 4) is 0 Å². The van der Waals surface area contributed by atoms with Crippen LogP contribution >= 0.6 is 11.3 Å². The highest BCUT2D eigenvalue weighted by Gasteiger charge is 2.11. The van der Waals surface area contributed by atoms with Crippen LogP contribution in [-0.2, 0) is 0 Å². The second-order valence-electron chi connectivity index (χ2n) is 6.03. The molecule has 0 bridgehead atoms. The number of rotatable bonds is 2. The Kier molecular flexibility index (Phi) is 3.02. The third-order valence-electron chi connectivity index (χ3n) is 4.41. The maximum absolute atomic E-state index is 13.6. The molecule has 0 fully saturated rings. The Morgan fingerprint density at radius 1 is 1.08 bits per heavy atom. The summed E-state index contributed by atoms with van der Waals surface area (Å²) in [6.07, 6.45) is 1.77. The molecule has 122 valence electrons. The monoisotopic (exact) mass is 348 g/mol. The third-order valence-corrected chi connectivity index (χ3v) is 5.47. The summed E-state index contributed by atoms with van der Waals surface area (Å²) in [4.78, 5) is 4.49. The SMILES string of the molecule is Cc1csc2cc3c(Nc4n[nH]c5ccc(F)cc45)ccnc3cc12. The predicted molar refractivity (Wildman–Crippen MR) is 101 cm³/mol. The molecule has 5 aromatic rings. The summed E-state index contributed by atoms with van der Waals surface area (Å²) in [5.74, 6) is 0.316. The molecule has 3 aromatic heterocycles. The van der Waals surface area contributed by atoms with Crippen LogP contribution < -0.4 is 5.32 Å². The zero-order chi connectivity index (χ0) is 17.0. The van der Waals surface area contributed by atoms with E-state index in [0.717, 1.165) is 27.5 Å². The van der Waals surface area contributed by atoms with Crippen LogP contribution in [0.5, 0.6) is 0 Å². The third kappa shape index (κ3) is 2.26. The Morgan fingerprint density at radius 2 is 2.00 bits per heavy atom. The van der Waals surface area contributed by atoms with Crippen molar-refractivity contribution in [1.29, 1.82) is 0 Å². The summed E-state index contributed by atoms with van der Waals surface area (Å²) in [6.45, 7) is 2.11. The van der Waals surface area contributed by atoms with Crippen molar-refractivity contribution in [2.45, 2.75) is 6.92 Å². The molecule has 0 aliphatic carbocycles. The normalized spacial score (nSPS) is 11.6. The van der Waals surface area contributed by atoms with Crippen molar-refractivity contribution >= 4 is 54.7 Å². The molecule has 0 aliphatic rings. The quantitative estimate of drug-likeness (QED) is 0.442. The van der Waals surface area contributed by atoms with Crippen LogP contribution in [-0.4, -0.2) is 15.2 Å². The van der Waals surface area contributed by atoms with Gasteiger partial charge in [0.25, 0.3) is 0 Å². The lowest BCUT2D eigenvalue weighted by Gasteiger charge is -2.08. The first-order valence-corrected chi connectivity index (χ1v) is 8.74. The number of fused-ring (bicyclic) bond motifs is 3. The Morgan fingerprint density at radius 3 is 2.92 bits per heavy atom. The number of thiophene rings is 1. The van der Waals surface area contributed by atoms with Crippen LogP contribution in [0.2, 0.25) is 0 Å². The number of pyridine rings is 1. The molecule has 3 heterocycles. The van der Waals surface area contributed by atoms with E-state index >= 15 is 0 Å². The molecule has 0 saturated heterocycles. The standard InChI is InChI=1S/C19H13FN4S/c1-10-9-25-18-8-13-15(4-5-21-17(13)7-12(10)18)22-19-14-6-11(20)2-3-16(14)23-24-19/h2-9H,1H3,(H2,21,22,23,24). The van der Waals surface area contributed by atoms with Gasteiger partial charge < -0.3 is 5.32 Å². The van der Waals surface area contributed by atoms with E-state index < -0.39 is 0 Å². The molecule has 0 saturated carbocycles. The second-order valence-corrected chi connectivity index (χ2v) is 6.94. The number of aromatic amines is 1. The lowest BCUT2D eigenvalue weighted by atomic mass is 10.1. The summed E-state index contributed by atoms with van der Waals surface area (Å²) in [7, 11) is 0. The molecule has 25 heavy (non-hydrogen) atoms. The van der Waals surface area contributed by atoms with Gasteiger partial charge in [0.2, 0.25) is 0 Å². The van der Waals surface area contributed by atoms with Crippen molar-refractivity contribution in [2.75, 3.05) is 5.32 Å². The highest BCUT2D eigenvalue weighted by molar-refractivity contribution is 7.17. The largest absolute Gasteiger partial charge is 0.338 e. The van der Waals surface area contributed by atoms with Crippen molar-refractivity contribution in [1.82, 2.24) is 15.2 Å². The Labute approximate surface area is 146 Å². The molecule has 2 N–H and O–H groups in total. The summed E-state index contributed by atoms with van der Waals surface area (Å²) < 4.78 is 14.8. The Hall–Kier alpha value is -2.99. The number of aryl methyl sites for hydroxylation is 1. The molecule has 4 nitrogen and oxygen atoms in total. The zero-order valence-corrected chi connectivity index (χ0v) is 14.1. The van der Waals surface area contributed by atoms with E-state index in [1.165, 1.54) is 27.8 Å². The van der Waals surface area contributed by atoms with E-state index in [4.69, 9.17) is 0 Å². The maximum Gasteiger partial charge on any atom is 0.160 e. The van der Waals surface area contributed by atoms with E-state index in [9.17, 15) is 4.39 Å². The minimum absolute atomic E-state index is 0.285. The molecule has 0 atom stereocenters. The van der Waals surface area contributed by atoms with Crippen LogP contribution in [0.15, 0.2) is 48.0 Å². The topological polar surface area (TPSA) is 53.6 Å². The van der Waals surface area contributed by atoms with Gasteiger partial charge in [0.15, 0.2) is 5.82 Å². The van der Waals surface area contributed by atoms with E-state index in [-0.39, 0.29) is 5.82 Å². The fraction of sp³-hybridized carbons (Fsp3) is 0.0526. The van der Waals surface area contributed by atoms with Gasteiger partial charge in [-0.3, -0.25) is 10.1 Å². The van der Waals surface area contributed by atoms with Gasteiger partial charge >= 0.3 is 0 Å². The van der Waals surface area contributed by atoms with Gasteiger partial charge in [-0.2, -0.15) is 5.10 Å². The van der Waals surface area contributed by atoms with Crippen molar-refractivity contribution in [3.63, 3.8) is 0 Å². The number of H-pyrrole nitrogens is 1. The molecule has 0 unspecified atom stereocenters. The van der Waals surface area contributed by atoms with Gasteiger partial charge in [0.1, 0.15) is 5.82 Å². The van der Waals surface area contributed by atoms with Crippen LogP contribution in [0.1, 0.15) is 5.56 Å². The van der Waals surface area contributed by atoms with Gasteiger partial charge in [0, 0.05) is 21.7 Å². The first-order valence-electron chi connectivity index (χ1n) is 7.86. The summed E-state index contributed by atoms with van der Waals surface area (Å²) >= 11 is 1.72. The van der Waals surface area contributed by atoms with Crippen molar-refractivity contribution in [3.05, 3.63) is 59.4 Å². The minimum Gasteiger partial charge on any atom is -0.338 e. The minimum atomic E-state index is -0.285. The van der Waals surface area contributed by atoms with Gasteiger partial charge in [-0.25, -0.2) is 4.39 Å². The van der Waals surface area contributed by atoms with Crippen molar-refractivity contribution < 1.29 is 4.39 Å². The van der Waals surface area contributed by atoms with Crippen LogP contribution in [0.25, 0.3) is 31.9 Å². The molecular formula is C19H13FN4S. The first kappa shape index (κ1) is 14.4. The zero-order valence-electron chi connectivity index (χ0n) is 13.3. The molecule has 6 heteroatoms. The summed E-state index contributed by atoms with van der Waals surface area (Å²) in [5.41, 5.74) is 3.87. The van der Waals surface area contributed by atoms with Gasteiger partial charge in [0.05, 0.1) is 16.7 Å².